The third-order valence-corrected chi connectivity index (χ3v) is 4.85. The minimum atomic E-state index is -0.372. The number of hydrogen-bond acceptors (Lipinski definition) is 3. The van der Waals surface area contributed by atoms with Crippen LogP contribution < -0.4 is 10.1 Å². The van der Waals surface area contributed by atoms with Crippen molar-refractivity contribution in [3.8, 4) is 5.75 Å². The van der Waals surface area contributed by atoms with Crippen molar-refractivity contribution in [2.24, 2.45) is 0 Å². The number of hydrogen-bond donors (Lipinski definition) is 1. The average Bonchev–Trinajstić information content (AvgIpc) is 3.18. The number of fused-ring (bicyclic) bond motifs is 1. The summed E-state index contributed by atoms with van der Waals surface area (Å²) in [5, 5.41) is 3.33. The van der Waals surface area contributed by atoms with Gasteiger partial charge in [-0.1, -0.05) is 29.8 Å². The van der Waals surface area contributed by atoms with Gasteiger partial charge in [-0.15, -0.1) is 0 Å². The van der Waals surface area contributed by atoms with E-state index in [1.54, 1.807) is 36.4 Å². The molecular formula is C20H17ClN2O3. The molecule has 2 amide bonds. The minimum Gasteiger partial charge on any atom is -0.449 e. The number of carbonyl (C=O) groups is 2. The van der Waals surface area contributed by atoms with Crippen molar-refractivity contribution >= 4 is 35.2 Å². The molecule has 2 aliphatic rings. The number of rotatable bonds is 2. The van der Waals surface area contributed by atoms with Crippen LogP contribution in [-0.2, 0) is 4.79 Å². The van der Waals surface area contributed by atoms with Gasteiger partial charge in [-0.2, -0.15) is 0 Å². The Bertz CT molecular complexity index is 917. The highest BCUT2D eigenvalue weighted by molar-refractivity contribution is 6.32. The van der Waals surface area contributed by atoms with Crippen LogP contribution in [0.25, 0.3) is 6.08 Å². The number of benzene rings is 2. The first-order chi connectivity index (χ1) is 12.6. The van der Waals surface area contributed by atoms with Crippen LogP contribution in [0.1, 0.15) is 28.8 Å². The largest absolute Gasteiger partial charge is 0.449 e. The summed E-state index contributed by atoms with van der Waals surface area (Å²) in [4.78, 5) is 26.7. The monoisotopic (exact) mass is 368 g/mol. The van der Waals surface area contributed by atoms with Crippen LogP contribution in [0.15, 0.2) is 48.2 Å². The van der Waals surface area contributed by atoms with Crippen molar-refractivity contribution < 1.29 is 14.3 Å². The fraction of sp³-hybridized carbons (Fsp3) is 0.200. The molecule has 0 aliphatic carbocycles. The van der Waals surface area contributed by atoms with Gasteiger partial charge >= 0.3 is 0 Å². The molecule has 1 fully saturated rings. The Labute approximate surface area is 156 Å². The molecular weight excluding hydrogens is 352 g/mol. The van der Waals surface area contributed by atoms with Gasteiger partial charge in [0.15, 0.2) is 11.5 Å². The number of likely N-dealkylation sites (tertiary alicyclic amines) is 1. The third kappa shape index (κ3) is 3.18. The molecule has 4 rings (SSSR count). The first-order valence-corrected chi connectivity index (χ1v) is 8.88. The lowest BCUT2D eigenvalue weighted by atomic mass is 10.1. The molecule has 6 heteroatoms. The predicted molar refractivity (Wildman–Crippen MR) is 100 cm³/mol. The summed E-state index contributed by atoms with van der Waals surface area (Å²) in [5.41, 5.74) is 1.74. The molecule has 0 bridgehead atoms. The molecule has 5 nitrogen and oxygen atoms in total. The quantitative estimate of drug-likeness (QED) is 0.816. The van der Waals surface area contributed by atoms with E-state index in [4.69, 9.17) is 16.3 Å². The molecule has 0 spiro atoms. The number of nitrogens with zero attached hydrogens (tertiary/aromatic N) is 1. The minimum absolute atomic E-state index is 0.0167. The van der Waals surface area contributed by atoms with E-state index in [1.807, 2.05) is 17.0 Å². The number of halogens is 1. The topological polar surface area (TPSA) is 58.6 Å². The van der Waals surface area contributed by atoms with E-state index in [2.05, 4.69) is 5.32 Å². The summed E-state index contributed by atoms with van der Waals surface area (Å²) >= 11 is 6.14. The maximum Gasteiger partial charge on any atom is 0.291 e. The fourth-order valence-corrected chi connectivity index (χ4v) is 3.32. The van der Waals surface area contributed by atoms with Crippen LogP contribution in [0, 0.1) is 0 Å². The van der Waals surface area contributed by atoms with Gasteiger partial charge in [0, 0.05) is 23.7 Å². The van der Waals surface area contributed by atoms with Crippen molar-refractivity contribution in [2.75, 3.05) is 18.4 Å². The lowest BCUT2D eigenvalue weighted by molar-refractivity contribution is -0.115. The molecule has 2 heterocycles. The predicted octanol–water partition coefficient (Wildman–Crippen LogP) is 3.95. The van der Waals surface area contributed by atoms with E-state index in [0.717, 1.165) is 25.9 Å². The van der Waals surface area contributed by atoms with Crippen LogP contribution >= 0.6 is 11.6 Å². The zero-order chi connectivity index (χ0) is 18.1. The molecule has 2 aromatic rings. The second-order valence-corrected chi connectivity index (χ2v) is 6.70. The molecule has 0 unspecified atom stereocenters. The van der Waals surface area contributed by atoms with E-state index < -0.39 is 0 Å². The molecule has 26 heavy (non-hydrogen) atoms. The molecule has 2 aliphatic heterocycles. The number of amides is 2. The Morgan fingerprint density at radius 3 is 2.69 bits per heavy atom. The second-order valence-electron chi connectivity index (χ2n) is 6.30. The zero-order valence-electron chi connectivity index (χ0n) is 14.0. The lowest BCUT2D eigenvalue weighted by Crippen LogP contribution is -2.28. The van der Waals surface area contributed by atoms with Crippen molar-refractivity contribution in [1.82, 2.24) is 4.90 Å². The molecule has 2 aromatic carbocycles. The van der Waals surface area contributed by atoms with Crippen molar-refractivity contribution in [3.63, 3.8) is 0 Å². The average molecular weight is 369 g/mol. The summed E-state index contributed by atoms with van der Waals surface area (Å²) in [6, 6.07) is 12.3. The van der Waals surface area contributed by atoms with Crippen LogP contribution in [0.5, 0.6) is 5.75 Å². The van der Waals surface area contributed by atoms with E-state index in [9.17, 15) is 9.59 Å². The Hall–Kier alpha value is -2.79. The molecule has 0 radical (unpaired) electrons. The first kappa shape index (κ1) is 16.7. The van der Waals surface area contributed by atoms with E-state index >= 15 is 0 Å². The van der Waals surface area contributed by atoms with Crippen LogP contribution in [-0.4, -0.2) is 29.8 Å². The second kappa shape index (κ2) is 6.84. The smallest absolute Gasteiger partial charge is 0.291 e. The van der Waals surface area contributed by atoms with Gasteiger partial charge in [0.25, 0.3) is 11.8 Å². The van der Waals surface area contributed by atoms with Gasteiger partial charge in [0.2, 0.25) is 0 Å². The SMILES string of the molecule is O=C1Nc2cc(C(=O)N3CCCC3)ccc2OC1=Cc1ccccc1Cl. The lowest BCUT2D eigenvalue weighted by Gasteiger charge is -2.22. The Balaban J connectivity index is 1.60. The molecule has 0 saturated carbocycles. The van der Waals surface area contributed by atoms with Crippen LogP contribution in [0.4, 0.5) is 5.69 Å². The Morgan fingerprint density at radius 2 is 1.92 bits per heavy atom. The maximum atomic E-state index is 12.5. The summed E-state index contributed by atoms with van der Waals surface area (Å²) in [6.45, 7) is 1.56. The molecule has 1 saturated heterocycles. The van der Waals surface area contributed by atoms with Gasteiger partial charge in [-0.25, -0.2) is 0 Å². The number of nitrogens with one attached hydrogen (secondary N) is 1. The normalized spacial score (nSPS) is 17.7. The van der Waals surface area contributed by atoms with E-state index in [0.29, 0.717) is 27.6 Å². The Kier molecular flexibility index (Phi) is 4.39. The molecule has 0 aromatic heterocycles. The van der Waals surface area contributed by atoms with Crippen LogP contribution in [0.2, 0.25) is 5.02 Å². The fourth-order valence-electron chi connectivity index (χ4n) is 3.13. The first-order valence-electron chi connectivity index (χ1n) is 8.50. The highest BCUT2D eigenvalue weighted by Crippen LogP contribution is 2.33. The number of ether oxygens (including phenoxy) is 1. The van der Waals surface area contributed by atoms with Gasteiger partial charge < -0.3 is 15.0 Å². The number of anilines is 1. The summed E-state index contributed by atoms with van der Waals surface area (Å²) < 4.78 is 5.73. The van der Waals surface area contributed by atoms with Crippen molar-refractivity contribution in [1.29, 1.82) is 0 Å². The van der Waals surface area contributed by atoms with Gasteiger partial charge in [-0.05, 0) is 48.7 Å². The highest BCUT2D eigenvalue weighted by atomic mass is 35.5. The van der Waals surface area contributed by atoms with Crippen LogP contribution in [0.3, 0.4) is 0 Å². The van der Waals surface area contributed by atoms with Gasteiger partial charge in [0.1, 0.15) is 0 Å². The zero-order valence-corrected chi connectivity index (χ0v) is 14.8. The highest BCUT2D eigenvalue weighted by Gasteiger charge is 2.25. The van der Waals surface area contributed by atoms with Crippen molar-refractivity contribution in [2.45, 2.75) is 12.8 Å². The number of carbonyl (C=O) groups excluding carboxylic acids is 2. The van der Waals surface area contributed by atoms with Gasteiger partial charge in [-0.3, -0.25) is 9.59 Å². The molecule has 0 atom stereocenters. The standard InChI is InChI=1S/C20H17ClN2O3/c21-15-6-2-1-5-13(15)12-18-19(24)22-16-11-14(7-8-17(16)26-18)20(25)23-9-3-4-10-23/h1-2,5-8,11-12H,3-4,9-10H2,(H,22,24). The summed E-state index contributed by atoms with van der Waals surface area (Å²) in [6.07, 6.45) is 3.67. The van der Waals surface area contributed by atoms with E-state index in [-0.39, 0.29) is 17.6 Å². The van der Waals surface area contributed by atoms with E-state index in [1.165, 1.54) is 0 Å². The molecule has 1 N–H and O–H groups in total. The van der Waals surface area contributed by atoms with Crippen molar-refractivity contribution in [3.05, 3.63) is 64.4 Å². The summed E-state index contributed by atoms with van der Waals surface area (Å²) in [5.74, 6) is 0.269. The maximum absolute atomic E-state index is 12.5. The van der Waals surface area contributed by atoms with Gasteiger partial charge in [0.05, 0.1) is 5.69 Å². The third-order valence-electron chi connectivity index (χ3n) is 4.50. The molecule has 132 valence electrons. The summed E-state index contributed by atoms with van der Waals surface area (Å²) in [7, 11) is 0. The Morgan fingerprint density at radius 1 is 1.15 bits per heavy atom.